The molecule has 55 heavy (non-hydrogen) atoms. The quantitative estimate of drug-likeness (QED) is 0.0896. The Morgan fingerprint density at radius 3 is 1.44 bits per heavy atom. The van der Waals surface area contributed by atoms with Gasteiger partial charge in [0.25, 0.3) is 0 Å². The average molecular weight is 903 g/mol. The van der Waals surface area contributed by atoms with Crippen LogP contribution in [0.5, 0.6) is 0 Å². The molecule has 0 fully saturated rings. The standard InChI is InChI=1S/C35H28Cl4N4O8S4/c36-20-4-8-28(24(38)14-20)42-32-22(6-2-18-12-30(52-34(18)32)54(44,45)46)26(40-42)16-50-10-1-11-51-17-27-23-7-3-19-13-31(55(47,48)49)53-35(19)33(23)43(41-27)29-9-5-21(37)15-25(29)39/h4-5,8-9,12-15H,1-3,6-7,10-11,16-17H2,(H,44,45,46)(H,47,48,49). The summed E-state index contributed by atoms with van der Waals surface area (Å²) in [5.41, 5.74) is 7.26. The summed E-state index contributed by atoms with van der Waals surface area (Å²) in [7, 11) is -8.79. The monoisotopic (exact) mass is 900 g/mol. The van der Waals surface area contributed by atoms with Crippen molar-refractivity contribution in [2.45, 2.75) is 53.7 Å². The summed E-state index contributed by atoms with van der Waals surface area (Å²) in [4.78, 5) is 1.37. The van der Waals surface area contributed by atoms with Crippen molar-refractivity contribution in [3.63, 3.8) is 0 Å². The molecule has 2 N–H and O–H groups in total. The largest absolute Gasteiger partial charge is 0.375 e. The molecule has 4 heterocycles. The maximum absolute atomic E-state index is 12.0. The molecule has 0 aliphatic heterocycles. The van der Waals surface area contributed by atoms with Gasteiger partial charge in [0.15, 0.2) is 0 Å². The highest BCUT2D eigenvalue weighted by molar-refractivity contribution is 7.88. The summed E-state index contributed by atoms with van der Waals surface area (Å²) in [5.74, 6) is 0. The topological polar surface area (TPSA) is 163 Å². The van der Waals surface area contributed by atoms with Crippen LogP contribution in [0.1, 0.15) is 40.1 Å². The minimum Gasteiger partial charge on any atom is -0.375 e. The van der Waals surface area contributed by atoms with Crippen molar-refractivity contribution in [1.29, 1.82) is 0 Å². The van der Waals surface area contributed by atoms with E-state index in [1.54, 1.807) is 45.8 Å². The van der Waals surface area contributed by atoms with E-state index in [9.17, 15) is 25.9 Å². The van der Waals surface area contributed by atoms with Gasteiger partial charge in [0.1, 0.15) is 8.42 Å². The number of halogens is 4. The number of ether oxygens (including phenoxy) is 2. The Bertz CT molecular complexity index is 2540. The van der Waals surface area contributed by atoms with Gasteiger partial charge >= 0.3 is 20.2 Å². The molecule has 2 aliphatic carbocycles. The predicted octanol–water partition coefficient (Wildman–Crippen LogP) is 8.94. The molecule has 0 bridgehead atoms. The minimum absolute atomic E-state index is 0.137. The maximum atomic E-state index is 12.0. The molecule has 4 aromatic heterocycles. The molecular weight excluding hydrogens is 874 g/mol. The van der Waals surface area contributed by atoms with Crippen LogP contribution < -0.4 is 0 Å². The van der Waals surface area contributed by atoms with Gasteiger partial charge in [-0.2, -0.15) is 27.0 Å². The van der Waals surface area contributed by atoms with Crippen molar-refractivity contribution >= 4 is 89.3 Å². The van der Waals surface area contributed by atoms with E-state index in [0.717, 1.165) is 44.9 Å². The molecule has 0 radical (unpaired) electrons. The average Bonchev–Trinajstić information content (AvgIpc) is 3.90. The van der Waals surface area contributed by atoms with Crippen molar-refractivity contribution in [3.05, 3.63) is 102 Å². The van der Waals surface area contributed by atoms with Gasteiger partial charge in [-0.25, -0.2) is 9.36 Å². The normalized spacial score (nSPS) is 13.8. The van der Waals surface area contributed by atoms with Crippen LogP contribution in [0.4, 0.5) is 0 Å². The number of aromatic nitrogens is 4. The number of thiophene rings is 2. The lowest BCUT2D eigenvalue weighted by Crippen LogP contribution is -2.06. The highest BCUT2D eigenvalue weighted by atomic mass is 35.5. The first-order valence-electron chi connectivity index (χ1n) is 16.7. The van der Waals surface area contributed by atoms with Gasteiger partial charge in [-0.1, -0.05) is 46.4 Å². The second-order valence-corrected chi connectivity index (χ2v) is 19.9. The number of hydrogen-bond donors (Lipinski definition) is 2. The van der Waals surface area contributed by atoms with E-state index in [4.69, 9.17) is 66.1 Å². The molecule has 6 aromatic rings. The summed E-state index contributed by atoms with van der Waals surface area (Å²) >= 11 is 27.5. The van der Waals surface area contributed by atoms with Gasteiger partial charge in [-0.15, -0.1) is 22.7 Å². The van der Waals surface area contributed by atoms with E-state index < -0.39 is 20.2 Å². The number of aryl methyl sites for hydroxylation is 2. The van der Waals surface area contributed by atoms with Crippen LogP contribution >= 0.6 is 69.1 Å². The van der Waals surface area contributed by atoms with Crippen molar-refractivity contribution in [1.82, 2.24) is 19.6 Å². The van der Waals surface area contributed by atoms with Crippen molar-refractivity contribution in [2.75, 3.05) is 13.2 Å². The second kappa shape index (κ2) is 15.2. The Kier molecular flexibility index (Phi) is 10.7. The highest BCUT2D eigenvalue weighted by Gasteiger charge is 2.32. The predicted molar refractivity (Wildman–Crippen MR) is 212 cm³/mol. The Balaban J connectivity index is 0.975. The molecule has 12 nitrogen and oxygen atoms in total. The maximum Gasteiger partial charge on any atom is 0.304 e. The fraction of sp³-hybridized carbons (Fsp3) is 0.257. The fourth-order valence-electron chi connectivity index (χ4n) is 6.82. The Labute approximate surface area is 343 Å². The first kappa shape index (κ1) is 39.0. The SMILES string of the molecule is O=S(=O)(O)c1cc2c(s1)-c1c(c(COCCCOCc3nn(-c4ccc(Cl)cc4Cl)c4c3CCc3cc(S(=O)(=O)O)sc3-4)nn1-c1ccc(Cl)cc1Cl)CC2. The van der Waals surface area contributed by atoms with Gasteiger partial charge in [-0.05, 0) is 91.8 Å². The van der Waals surface area contributed by atoms with E-state index in [1.807, 2.05) is 0 Å². The molecule has 0 atom stereocenters. The zero-order valence-corrected chi connectivity index (χ0v) is 34.6. The zero-order valence-electron chi connectivity index (χ0n) is 28.3. The van der Waals surface area contributed by atoms with Gasteiger partial charge in [0, 0.05) is 34.4 Å². The Hall–Kier alpha value is -2.84. The van der Waals surface area contributed by atoms with E-state index in [-0.39, 0.29) is 21.6 Å². The molecule has 2 aromatic carbocycles. The molecule has 20 heteroatoms. The third-order valence-electron chi connectivity index (χ3n) is 9.26. The van der Waals surface area contributed by atoms with Gasteiger partial charge < -0.3 is 9.47 Å². The van der Waals surface area contributed by atoms with Crippen LogP contribution in [-0.4, -0.2) is 58.7 Å². The van der Waals surface area contributed by atoms with Crippen LogP contribution in [0.3, 0.4) is 0 Å². The van der Waals surface area contributed by atoms with Crippen LogP contribution in [-0.2, 0) is 68.6 Å². The van der Waals surface area contributed by atoms with Crippen molar-refractivity contribution in [2.24, 2.45) is 0 Å². The van der Waals surface area contributed by atoms with Gasteiger partial charge in [0.05, 0.1) is 67.2 Å². The molecule has 288 valence electrons. The van der Waals surface area contributed by atoms with Crippen LogP contribution in [0, 0.1) is 0 Å². The lowest BCUT2D eigenvalue weighted by atomic mass is 9.95. The molecule has 0 saturated heterocycles. The number of fused-ring (bicyclic) bond motifs is 6. The highest BCUT2D eigenvalue weighted by Crippen LogP contribution is 2.46. The number of benzene rings is 2. The molecule has 2 aliphatic rings. The second-order valence-electron chi connectivity index (χ2n) is 12.8. The number of rotatable bonds is 12. The third-order valence-corrected chi connectivity index (χ3v) is 15.3. The lowest BCUT2D eigenvalue weighted by molar-refractivity contribution is 0.0668. The Morgan fingerprint density at radius 1 is 0.636 bits per heavy atom. The van der Waals surface area contributed by atoms with E-state index in [2.05, 4.69) is 0 Å². The first-order chi connectivity index (χ1) is 26.2. The smallest absolute Gasteiger partial charge is 0.304 e. The summed E-state index contributed by atoms with van der Waals surface area (Å²) in [6, 6.07) is 13.1. The van der Waals surface area contributed by atoms with E-state index >= 15 is 0 Å². The van der Waals surface area contributed by atoms with Gasteiger partial charge in [0.2, 0.25) is 0 Å². The van der Waals surface area contributed by atoms with Crippen LogP contribution in [0.15, 0.2) is 56.9 Å². The van der Waals surface area contributed by atoms with Crippen molar-refractivity contribution < 1.29 is 35.4 Å². The van der Waals surface area contributed by atoms with E-state index in [0.29, 0.717) is 109 Å². The minimum atomic E-state index is -4.40. The van der Waals surface area contributed by atoms with Gasteiger partial charge in [-0.3, -0.25) is 9.11 Å². The summed E-state index contributed by atoms with van der Waals surface area (Å²) in [6.07, 6.45) is 2.85. The molecule has 0 spiro atoms. The van der Waals surface area contributed by atoms with E-state index in [1.165, 1.54) is 12.1 Å². The van der Waals surface area contributed by atoms with Crippen LogP contribution in [0.25, 0.3) is 32.5 Å². The molecule has 0 saturated carbocycles. The third kappa shape index (κ3) is 7.65. The Morgan fingerprint density at radius 2 is 1.05 bits per heavy atom. The summed E-state index contributed by atoms with van der Waals surface area (Å²) in [6.45, 7) is 1.07. The van der Waals surface area contributed by atoms with Crippen LogP contribution in [0.2, 0.25) is 20.1 Å². The molecule has 8 rings (SSSR count). The fourth-order valence-corrected chi connectivity index (χ4v) is 11.7. The van der Waals surface area contributed by atoms with Crippen molar-refractivity contribution in [3.8, 4) is 32.5 Å². The lowest BCUT2D eigenvalue weighted by Gasteiger charge is -2.16. The summed E-state index contributed by atoms with van der Waals surface area (Å²) < 4.78 is 82.8. The zero-order chi connectivity index (χ0) is 38.8. The molecular formula is C35H28Cl4N4O8S4. The first-order valence-corrected chi connectivity index (χ1v) is 22.7. The molecule has 0 unspecified atom stereocenters. The number of nitrogens with zero attached hydrogens (tertiary/aromatic N) is 4. The number of hydrogen-bond acceptors (Lipinski definition) is 10. The molecule has 0 amide bonds. The summed E-state index contributed by atoms with van der Waals surface area (Å²) in [5, 5.41) is 11.4.